The molecule has 2 rings (SSSR count). The highest BCUT2D eigenvalue weighted by molar-refractivity contribution is 6.35. The fourth-order valence-electron chi connectivity index (χ4n) is 1.87. The van der Waals surface area contributed by atoms with Gasteiger partial charge >= 0.3 is 5.97 Å². The van der Waals surface area contributed by atoms with E-state index in [4.69, 9.17) is 37.6 Å². The van der Waals surface area contributed by atoms with Gasteiger partial charge in [0.2, 0.25) is 0 Å². The molecule has 4 nitrogen and oxygen atoms in total. The lowest BCUT2D eigenvalue weighted by molar-refractivity contribution is -0.142. The average molecular weight is 364 g/mol. The van der Waals surface area contributed by atoms with Crippen LogP contribution in [0.15, 0.2) is 40.3 Å². The van der Waals surface area contributed by atoms with Gasteiger partial charge in [-0.05, 0) is 43.7 Å². The maximum absolute atomic E-state index is 11.9. The van der Waals surface area contributed by atoms with E-state index in [2.05, 4.69) is 0 Å². The third-order valence-corrected chi connectivity index (χ3v) is 3.90. The molecular weight excluding hydrogens is 349 g/mol. The Morgan fingerprint density at radius 2 is 2.12 bits per heavy atom. The second kappa shape index (κ2) is 8.05. The number of halogens is 2. The van der Waals surface area contributed by atoms with Crippen LogP contribution in [0, 0.1) is 11.3 Å². The lowest BCUT2D eigenvalue weighted by atomic mass is 10.2. The van der Waals surface area contributed by atoms with Crippen LogP contribution < -0.4 is 0 Å². The van der Waals surface area contributed by atoms with E-state index in [1.165, 1.54) is 6.08 Å². The molecule has 24 heavy (non-hydrogen) atoms. The zero-order chi connectivity index (χ0) is 17.7. The minimum Gasteiger partial charge on any atom is -0.459 e. The van der Waals surface area contributed by atoms with Crippen molar-refractivity contribution in [3.63, 3.8) is 0 Å². The van der Waals surface area contributed by atoms with Gasteiger partial charge < -0.3 is 9.15 Å². The van der Waals surface area contributed by atoms with E-state index >= 15 is 0 Å². The second-order valence-electron chi connectivity index (χ2n) is 5.12. The van der Waals surface area contributed by atoms with Crippen LogP contribution in [0.2, 0.25) is 10.0 Å². The van der Waals surface area contributed by atoms with Crippen molar-refractivity contribution in [1.82, 2.24) is 0 Å². The van der Waals surface area contributed by atoms with Crippen LogP contribution in [0.25, 0.3) is 17.4 Å². The highest BCUT2D eigenvalue weighted by Crippen LogP contribution is 2.32. The van der Waals surface area contributed by atoms with E-state index in [0.29, 0.717) is 33.6 Å². The molecule has 1 aromatic heterocycles. The van der Waals surface area contributed by atoms with Gasteiger partial charge in [-0.2, -0.15) is 5.26 Å². The standard InChI is InChI=1S/C18H15Cl2NO3/c1-3-11(2)23-18(22)12(10-21)8-14-5-7-17(24-14)15-9-13(19)4-6-16(15)20/h4-9,11H,3H2,1-2H3. The fraction of sp³-hybridized carbons (Fsp3) is 0.222. The van der Waals surface area contributed by atoms with Crippen molar-refractivity contribution in [2.24, 2.45) is 0 Å². The van der Waals surface area contributed by atoms with E-state index < -0.39 is 5.97 Å². The number of ether oxygens (including phenoxy) is 1. The van der Waals surface area contributed by atoms with Crippen molar-refractivity contribution in [3.8, 4) is 17.4 Å². The smallest absolute Gasteiger partial charge is 0.349 e. The summed E-state index contributed by atoms with van der Waals surface area (Å²) in [4.78, 5) is 11.9. The highest BCUT2D eigenvalue weighted by atomic mass is 35.5. The SMILES string of the molecule is CCC(C)OC(=O)C(C#N)=Cc1ccc(-c2cc(Cl)ccc2Cl)o1. The van der Waals surface area contributed by atoms with Crippen LogP contribution in [0.5, 0.6) is 0 Å². The topological polar surface area (TPSA) is 63.2 Å². The first kappa shape index (κ1) is 18.1. The molecule has 6 heteroatoms. The van der Waals surface area contributed by atoms with Crippen LogP contribution in [0.3, 0.4) is 0 Å². The molecule has 0 saturated carbocycles. The Bertz CT molecular complexity index is 818. The molecule has 1 atom stereocenters. The normalized spacial score (nSPS) is 12.5. The number of benzene rings is 1. The number of esters is 1. The number of furan rings is 1. The summed E-state index contributed by atoms with van der Waals surface area (Å²) in [7, 11) is 0. The lowest BCUT2D eigenvalue weighted by Crippen LogP contribution is -2.15. The number of nitriles is 1. The van der Waals surface area contributed by atoms with E-state index in [-0.39, 0.29) is 11.7 Å². The molecule has 1 aromatic carbocycles. The van der Waals surface area contributed by atoms with Crippen LogP contribution in [0.1, 0.15) is 26.0 Å². The predicted octanol–water partition coefficient (Wildman–Crippen LogP) is 5.50. The number of carbonyl (C=O) groups excluding carboxylic acids is 1. The van der Waals surface area contributed by atoms with Crippen LogP contribution in [-0.4, -0.2) is 12.1 Å². The van der Waals surface area contributed by atoms with Gasteiger partial charge in [0, 0.05) is 16.7 Å². The lowest BCUT2D eigenvalue weighted by Gasteiger charge is -2.09. The van der Waals surface area contributed by atoms with Crippen LogP contribution >= 0.6 is 23.2 Å². The van der Waals surface area contributed by atoms with E-state index in [9.17, 15) is 4.79 Å². The summed E-state index contributed by atoms with van der Waals surface area (Å²) in [5, 5.41) is 10.2. The maximum atomic E-state index is 11.9. The predicted molar refractivity (Wildman–Crippen MR) is 93.6 cm³/mol. The molecule has 1 heterocycles. The monoisotopic (exact) mass is 363 g/mol. The first-order valence-electron chi connectivity index (χ1n) is 7.32. The minimum absolute atomic E-state index is 0.131. The Labute approximate surface area is 150 Å². The molecule has 0 aliphatic rings. The third kappa shape index (κ3) is 4.41. The Balaban J connectivity index is 2.28. The van der Waals surface area contributed by atoms with E-state index in [0.717, 1.165) is 0 Å². The molecule has 1 unspecified atom stereocenters. The summed E-state index contributed by atoms with van der Waals surface area (Å²) in [6.45, 7) is 3.65. The third-order valence-electron chi connectivity index (χ3n) is 3.33. The molecule has 0 amide bonds. The second-order valence-corrected chi connectivity index (χ2v) is 5.96. The number of hydrogen-bond acceptors (Lipinski definition) is 4. The Kier molecular flexibility index (Phi) is 6.08. The van der Waals surface area contributed by atoms with Crippen molar-refractivity contribution < 1.29 is 13.9 Å². The molecule has 0 saturated heterocycles. The van der Waals surface area contributed by atoms with Gasteiger partial charge in [0.1, 0.15) is 23.2 Å². The molecule has 0 N–H and O–H groups in total. The van der Waals surface area contributed by atoms with Gasteiger partial charge in [0.15, 0.2) is 0 Å². The summed E-state index contributed by atoms with van der Waals surface area (Å²) in [5.41, 5.74) is 0.498. The molecule has 2 aromatic rings. The van der Waals surface area contributed by atoms with Gasteiger partial charge in [-0.15, -0.1) is 0 Å². The summed E-state index contributed by atoms with van der Waals surface area (Å²) in [5.74, 6) is 0.158. The van der Waals surface area contributed by atoms with Crippen molar-refractivity contribution in [3.05, 3.63) is 51.7 Å². The first-order chi connectivity index (χ1) is 11.4. The molecule has 0 radical (unpaired) electrons. The fourth-order valence-corrected chi connectivity index (χ4v) is 2.25. The Morgan fingerprint density at radius 1 is 1.38 bits per heavy atom. The van der Waals surface area contributed by atoms with Gasteiger partial charge in [-0.25, -0.2) is 4.79 Å². The molecule has 0 aliphatic heterocycles. The van der Waals surface area contributed by atoms with Crippen molar-refractivity contribution in [2.45, 2.75) is 26.4 Å². The molecule has 0 fully saturated rings. The highest BCUT2D eigenvalue weighted by Gasteiger charge is 2.15. The maximum Gasteiger partial charge on any atom is 0.349 e. The summed E-state index contributed by atoms with van der Waals surface area (Å²) < 4.78 is 10.8. The van der Waals surface area contributed by atoms with Gasteiger partial charge in [-0.1, -0.05) is 30.1 Å². The number of hydrogen-bond donors (Lipinski definition) is 0. The quantitative estimate of drug-likeness (QED) is 0.399. The first-order valence-corrected chi connectivity index (χ1v) is 8.08. The van der Waals surface area contributed by atoms with Gasteiger partial charge in [0.05, 0.1) is 11.1 Å². The summed E-state index contributed by atoms with van der Waals surface area (Å²) >= 11 is 12.1. The Morgan fingerprint density at radius 3 is 2.79 bits per heavy atom. The molecular formula is C18H15Cl2NO3. The van der Waals surface area contributed by atoms with E-state index in [1.807, 2.05) is 13.0 Å². The molecule has 0 aliphatic carbocycles. The largest absolute Gasteiger partial charge is 0.459 e. The molecule has 0 bridgehead atoms. The minimum atomic E-state index is -0.675. The van der Waals surface area contributed by atoms with Crippen molar-refractivity contribution in [2.75, 3.05) is 0 Å². The van der Waals surface area contributed by atoms with Crippen LogP contribution in [-0.2, 0) is 9.53 Å². The van der Waals surface area contributed by atoms with Gasteiger partial charge in [0.25, 0.3) is 0 Å². The number of nitrogens with zero attached hydrogens (tertiary/aromatic N) is 1. The van der Waals surface area contributed by atoms with Gasteiger partial charge in [-0.3, -0.25) is 0 Å². The zero-order valence-corrected chi connectivity index (χ0v) is 14.7. The number of carbonyl (C=O) groups is 1. The Hall–Kier alpha value is -2.22. The summed E-state index contributed by atoms with van der Waals surface area (Å²) in [6, 6.07) is 10.2. The summed E-state index contributed by atoms with van der Waals surface area (Å²) in [6.07, 6.45) is 1.75. The molecule has 124 valence electrons. The zero-order valence-electron chi connectivity index (χ0n) is 13.2. The number of rotatable bonds is 5. The van der Waals surface area contributed by atoms with E-state index in [1.54, 1.807) is 37.3 Å². The molecule has 0 spiro atoms. The van der Waals surface area contributed by atoms with Crippen molar-refractivity contribution in [1.29, 1.82) is 5.26 Å². The average Bonchev–Trinajstić information content (AvgIpc) is 3.02. The van der Waals surface area contributed by atoms with Crippen LogP contribution in [0.4, 0.5) is 0 Å². The van der Waals surface area contributed by atoms with Crippen molar-refractivity contribution >= 4 is 35.2 Å².